The number of rotatable bonds is 3. The minimum atomic E-state index is -4.77. The van der Waals surface area contributed by atoms with E-state index in [9.17, 15) is 18.0 Å². The molecule has 1 amide bonds. The normalized spacial score (nSPS) is 12.4. The van der Waals surface area contributed by atoms with Gasteiger partial charge in [-0.05, 0) is 31.2 Å². The molecule has 0 saturated carbocycles. The lowest BCUT2D eigenvalue weighted by atomic mass is 10.2. The number of nitriles is 1. The largest absolute Gasteiger partial charge is 0.573 e. The summed E-state index contributed by atoms with van der Waals surface area (Å²) in [6, 6.07) is 5.78. The van der Waals surface area contributed by atoms with Gasteiger partial charge in [0.1, 0.15) is 11.8 Å². The van der Waals surface area contributed by atoms with Crippen molar-refractivity contribution in [1.29, 1.82) is 5.26 Å². The molecule has 0 aliphatic rings. The quantitative estimate of drug-likeness (QED) is 0.849. The summed E-state index contributed by atoms with van der Waals surface area (Å²) in [5.41, 5.74) is 0.180. The Morgan fingerprint density at radius 1 is 1.37 bits per heavy atom. The highest BCUT2D eigenvalue weighted by atomic mass is 19.4. The lowest BCUT2D eigenvalue weighted by Crippen LogP contribution is -2.33. The molecule has 0 radical (unpaired) electrons. The Morgan fingerprint density at radius 3 is 2.32 bits per heavy atom. The fourth-order valence-electron chi connectivity index (χ4n) is 1.27. The molecule has 1 atom stereocenters. The van der Waals surface area contributed by atoms with Gasteiger partial charge in [-0.25, -0.2) is 0 Å². The van der Waals surface area contributed by atoms with Crippen molar-refractivity contribution in [3.05, 3.63) is 29.8 Å². The zero-order valence-corrected chi connectivity index (χ0v) is 10.2. The summed E-state index contributed by atoms with van der Waals surface area (Å²) >= 11 is 0. The molecule has 1 unspecified atom stereocenters. The minimum absolute atomic E-state index is 0.180. The summed E-state index contributed by atoms with van der Waals surface area (Å²) in [6.45, 7) is 1.54. The Bertz CT molecular complexity index is 491. The van der Waals surface area contributed by atoms with Crippen LogP contribution in [0.2, 0.25) is 0 Å². The minimum Gasteiger partial charge on any atom is -0.406 e. The van der Waals surface area contributed by atoms with Crippen molar-refractivity contribution < 1.29 is 22.7 Å². The van der Waals surface area contributed by atoms with Crippen molar-refractivity contribution in [2.45, 2.75) is 19.3 Å². The Morgan fingerprint density at radius 2 is 1.89 bits per heavy atom. The van der Waals surface area contributed by atoms with Gasteiger partial charge in [-0.2, -0.15) is 5.26 Å². The topological polar surface area (TPSA) is 53.3 Å². The molecule has 0 heterocycles. The maximum absolute atomic E-state index is 11.9. The molecule has 4 nitrogen and oxygen atoms in total. The SMILES string of the molecule is CC(C#N)N(C)C(=O)c1ccc(OC(F)(F)F)cc1. The second-order valence-electron chi connectivity index (χ2n) is 3.79. The van der Waals surface area contributed by atoms with Crippen LogP contribution in [-0.2, 0) is 0 Å². The lowest BCUT2D eigenvalue weighted by molar-refractivity contribution is -0.274. The van der Waals surface area contributed by atoms with Crippen molar-refractivity contribution >= 4 is 5.91 Å². The number of nitrogens with zero attached hydrogens (tertiary/aromatic N) is 2. The fourth-order valence-corrected chi connectivity index (χ4v) is 1.27. The van der Waals surface area contributed by atoms with Gasteiger partial charge in [-0.3, -0.25) is 4.79 Å². The first-order valence-corrected chi connectivity index (χ1v) is 5.27. The number of amides is 1. The van der Waals surface area contributed by atoms with Crippen molar-refractivity contribution in [3.63, 3.8) is 0 Å². The molecule has 0 spiro atoms. The molecule has 0 N–H and O–H groups in total. The van der Waals surface area contributed by atoms with Crippen LogP contribution >= 0.6 is 0 Å². The first-order valence-electron chi connectivity index (χ1n) is 5.27. The Balaban J connectivity index is 2.82. The summed E-state index contributed by atoms with van der Waals surface area (Å²) < 4.78 is 39.5. The van der Waals surface area contributed by atoms with E-state index in [1.807, 2.05) is 6.07 Å². The molecule has 0 aliphatic heterocycles. The molecule has 0 aliphatic carbocycles. The zero-order chi connectivity index (χ0) is 14.6. The van der Waals surface area contributed by atoms with Crippen LogP contribution in [0, 0.1) is 11.3 Å². The number of alkyl halides is 3. The smallest absolute Gasteiger partial charge is 0.406 e. The van der Waals surface area contributed by atoms with Gasteiger partial charge in [0.2, 0.25) is 0 Å². The van der Waals surface area contributed by atoms with Crippen LogP contribution in [0.4, 0.5) is 13.2 Å². The third kappa shape index (κ3) is 4.17. The number of carbonyl (C=O) groups is 1. The number of halogens is 3. The summed E-state index contributed by atoms with van der Waals surface area (Å²) in [6.07, 6.45) is -4.77. The van der Waals surface area contributed by atoms with E-state index < -0.39 is 24.1 Å². The lowest BCUT2D eigenvalue weighted by Gasteiger charge is -2.19. The van der Waals surface area contributed by atoms with Gasteiger partial charge in [-0.1, -0.05) is 0 Å². The number of hydrogen-bond donors (Lipinski definition) is 0. The maximum atomic E-state index is 11.9. The van der Waals surface area contributed by atoms with Gasteiger partial charge in [0.05, 0.1) is 6.07 Å². The summed E-state index contributed by atoms with van der Waals surface area (Å²) in [5.74, 6) is -0.854. The fraction of sp³-hybridized carbons (Fsp3) is 0.333. The molecule has 0 saturated heterocycles. The predicted molar refractivity (Wildman–Crippen MR) is 60.3 cm³/mol. The average Bonchev–Trinajstić information content (AvgIpc) is 2.35. The third-order valence-electron chi connectivity index (χ3n) is 2.42. The van der Waals surface area contributed by atoms with Crippen LogP contribution in [-0.4, -0.2) is 30.3 Å². The van der Waals surface area contributed by atoms with Crippen molar-refractivity contribution in [1.82, 2.24) is 4.90 Å². The average molecular weight is 272 g/mol. The van der Waals surface area contributed by atoms with Crippen molar-refractivity contribution in [2.24, 2.45) is 0 Å². The molecule has 0 bridgehead atoms. The Kier molecular flexibility index (Phi) is 4.38. The standard InChI is InChI=1S/C12H11F3N2O2/c1-8(7-16)17(2)11(18)9-3-5-10(6-4-9)19-12(13,14)15/h3-6,8H,1-2H3. The van der Waals surface area contributed by atoms with Crippen LogP contribution in [0.15, 0.2) is 24.3 Å². The molecule has 102 valence electrons. The first kappa shape index (κ1) is 14.8. The molecule has 0 aromatic heterocycles. The van der Waals surface area contributed by atoms with Crippen LogP contribution in [0.3, 0.4) is 0 Å². The number of ether oxygens (including phenoxy) is 1. The number of hydrogen-bond acceptors (Lipinski definition) is 3. The zero-order valence-electron chi connectivity index (χ0n) is 10.2. The maximum Gasteiger partial charge on any atom is 0.573 e. The van der Waals surface area contributed by atoms with Gasteiger partial charge >= 0.3 is 6.36 Å². The van der Waals surface area contributed by atoms with Crippen LogP contribution < -0.4 is 4.74 Å². The van der Waals surface area contributed by atoms with E-state index in [1.165, 1.54) is 24.1 Å². The monoisotopic (exact) mass is 272 g/mol. The highest BCUT2D eigenvalue weighted by Gasteiger charge is 2.31. The molecule has 19 heavy (non-hydrogen) atoms. The molecule has 1 aromatic carbocycles. The highest BCUT2D eigenvalue weighted by molar-refractivity contribution is 5.94. The van der Waals surface area contributed by atoms with Gasteiger partial charge in [0.25, 0.3) is 5.91 Å². The van der Waals surface area contributed by atoms with Crippen molar-refractivity contribution in [2.75, 3.05) is 7.05 Å². The molecule has 1 rings (SSSR count). The molecule has 0 fully saturated rings. The highest BCUT2D eigenvalue weighted by Crippen LogP contribution is 2.23. The van der Waals surface area contributed by atoms with Crippen LogP contribution in [0.1, 0.15) is 17.3 Å². The van der Waals surface area contributed by atoms with Gasteiger partial charge in [-0.15, -0.1) is 13.2 Å². The second kappa shape index (κ2) is 5.61. The van der Waals surface area contributed by atoms with Gasteiger partial charge < -0.3 is 9.64 Å². The van der Waals surface area contributed by atoms with E-state index in [-0.39, 0.29) is 5.56 Å². The van der Waals surface area contributed by atoms with Crippen molar-refractivity contribution in [3.8, 4) is 11.8 Å². The summed E-state index contributed by atoms with van der Waals surface area (Å²) in [4.78, 5) is 13.0. The van der Waals surface area contributed by atoms with E-state index in [0.717, 1.165) is 12.1 Å². The number of benzene rings is 1. The second-order valence-corrected chi connectivity index (χ2v) is 3.79. The van der Waals surface area contributed by atoms with E-state index in [2.05, 4.69) is 4.74 Å². The molecule has 1 aromatic rings. The van der Waals surface area contributed by atoms with E-state index in [0.29, 0.717) is 0 Å². The van der Waals surface area contributed by atoms with Crippen LogP contribution in [0.5, 0.6) is 5.75 Å². The third-order valence-corrected chi connectivity index (χ3v) is 2.42. The summed E-state index contributed by atoms with van der Waals surface area (Å²) in [5, 5.41) is 8.68. The predicted octanol–water partition coefficient (Wildman–Crippen LogP) is 2.57. The summed E-state index contributed by atoms with van der Waals surface area (Å²) in [7, 11) is 1.44. The Hall–Kier alpha value is -2.23. The van der Waals surface area contributed by atoms with E-state index in [4.69, 9.17) is 5.26 Å². The molecular formula is C12H11F3N2O2. The number of carbonyl (C=O) groups excluding carboxylic acids is 1. The van der Waals surface area contributed by atoms with Gasteiger partial charge in [0, 0.05) is 12.6 Å². The molecule has 7 heteroatoms. The van der Waals surface area contributed by atoms with E-state index in [1.54, 1.807) is 6.92 Å². The molecular weight excluding hydrogens is 261 g/mol. The van der Waals surface area contributed by atoms with Gasteiger partial charge in [0.15, 0.2) is 0 Å². The van der Waals surface area contributed by atoms with E-state index >= 15 is 0 Å². The first-order chi connectivity index (χ1) is 8.74. The Labute approximate surface area is 108 Å². The van der Waals surface area contributed by atoms with Crippen LogP contribution in [0.25, 0.3) is 0 Å².